The molecule has 2 aromatic carbocycles. The fourth-order valence-electron chi connectivity index (χ4n) is 1.94. The molecule has 0 aliphatic rings. The van der Waals surface area contributed by atoms with Crippen LogP contribution in [-0.4, -0.2) is 6.54 Å². The molecule has 2 rings (SSSR count). The van der Waals surface area contributed by atoms with E-state index in [1.54, 1.807) is 0 Å². The summed E-state index contributed by atoms with van der Waals surface area (Å²) in [5.41, 5.74) is 3.75. The van der Waals surface area contributed by atoms with E-state index in [0.29, 0.717) is 0 Å². The zero-order valence-electron chi connectivity index (χ0n) is 10.6. The fourth-order valence-corrected chi connectivity index (χ4v) is 1.94. The minimum absolute atomic E-state index is 0.175. The summed E-state index contributed by atoms with van der Waals surface area (Å²) >= 11 is 0. The molecule has 0 atom stereocenters. The average molecular weight is 243 g/mol. The Kier molecular flexibility index (Phi) is 4.48. The number of rotatable bonds is 5. The number of hydrogen-bond acceptors (Lipinski definition) is 1. The highest BCUT2D eigenvalue weighted by molar-refractivity contribution is 5.22. The van der Waals surface area contributed by atoms with Gasteiger partial charge in [0.2, 0.25) is 0 Å². The molecule has 0 saturated carbocycles. The lowest BCUT2D eigenvalue weighted by Gasteiger charge is -2.06. The molecule has 0 fully saturated rings. The molecule has 0 radical (unpaired) electrons. The maximum absolute atomic E-state index is 12.7. The summed E-state index contributed by atoms with van der Waals surface area (Å²) < 4.78 is 12.7. The van der Waals surface area contributed by atoms with Gasteiger partial charge in [0, 0.05) is 6.54 Å². The maximum atomic E-state index is 12.7. The van der Waals surface area contributed by atoms with Crippen molar-refractivity contribution < 1.29 is 4.39 Å². The van der Waals surface area contributed by atoms with E-state index in [2.05, 4.69) is 36.5 Å². The molecular formula is C16H18FN. The van der Waals surface area contributed by atoms with Crippen LogP contribution in [0.25, 0.3) is 0 Å². The second-order valence-corrected chi connectivity index (χ2v) is 4.54. The highest BCUT2D eigenvalue weighted by Crippen LogP contribution is 2.04. The predicted molar refractivity (Wildman–Crippen MR) is 73.0 cm³/mol. The Labute approximate surface area is 108 Å². The summed E-state index contributed by atoms with van der Waals surface area (Å²) in [4.78, 5) is 0. The first kappa shape index (κ1) is 12.8. The lowest BCUT2D eigenvalue weighted by atomic mass is 10.1. The molecule has 94 valence electrons. The monoisotopic (exact) mass is 243 g/mol. The molecule has 0 aliphatic carbocycles. The van der Waals surface area contributed by atoms with Crippen LogP contribution < -0.4 is 5.32 Å². The minimum atomic E-state index is -0.175. The van der Waals surface area contributed by atoms with Crippen LogP contribution in [-0.2, 0) is 13.0 Å². The molecule has 0 spiro atoms. The van der Waals surface area contributed by atoms with Crippen LogP contribution in [0.1, 0.15) is 16.7 Å². The van der Waals surface area contributed by atoms with Crippen LogP contribution >= 0.6 is 0 Å². The van der Waals surface area contributed by atoms with Crippen molar-refractivity contribution >= 4 is 0 Å². The van der Waals surface area contributed by atoms with Gasteiger partial charge in [-0.2, -0.15) is 0 Å². The first-order valence-electron chi connectivity index (χ1n) is 6.25. The number of hydrogen-bond donors (Lipinski definition) is 1. The van der Waals surface area contributed by atoms with Gasteiger partial charge in [0.1, 0.15) is 5.82 Å². The lowest BCUT2D eigenvalue weighted by Crippen LogP contribution is -2.16. The van der Waals surface area contributed by atoms with E-state index in [9.17, 15) is 4.39 Å². The molecule has 1 nitrogen and oxygen atoms in total. The zero-order valence-corrected chi connectivity index (χ0v) is 10.6. The second kappa shape index (κ2) is 6.31. The van der Waals surface area contributed by atoms with Crippen LogP contribution in [0.4, 0.5) is 4.39 Å². The van der Waals surface area contributed by atoms with Gasteiger partial charge in [-0.05, 0) is 43.1 Å². The summed E-state index contributed by atoms with van der Waals surface area (Å²) in [6, 6.07) is 15.2. The Hall–Kier alpha value is -1.67. The SMILES string of the molecule is Cc1cccc(CNCCc2ccc(F)cc2)c1. The van der Waals surface area contributed by atoms with Gasteiger partial charge in [-0.1, -0.05) is 42.0 Å². The quantitative estimate of drug-likeness (QED) is 0.793. The first-order valence-corrected chi connectivity index (χ1v) is 6.25. The van der Waals surface area contributed by atoms with Gasteiger partial charge in [-0.25, -0.2) is 4.39 Å². The number of benzene rings is 2. The maximum Gasteiger partial charge on any atom is 0.123 e. The van der Waals surface area contributed by atoms with Crippen LogP contribution in [0.5, 0.6) is 0 Å². The molecule has 1 N–H and O–H groups in total. The third-order valence-corrected chi connectivity index (χ3v) is 2.92. The van der Waals surface area contributed by atoms with Gasteiger partial charge in [0.05, 0.1) is 0 Å². The Morgan fingerprint density at radius 1 is 1.00 bits per heavy atom. The van der Waals surface area contributed by atoms with Gasteiger partial charge >= 0.3 is 0 Å². The summed E-state index contributed by atoms with van der Waals surface area (Å²) in [6.45, 7) is 3.88. The topological polar surface area (TPSA) is 12.0 Å². The number of nitrogens with one attached hydrogen (secondary N) is 1. The van der Waals surface area contributed by atoms with E-state index in [1.165, 1.54) is 23.3 Å². The van der Waals surface area contributed by atoms with Crippen LogP contribution in [0.3, 0.4) is 0 Å². The van der Waals surface area contributed by atoms with Crippen molar-refractivity contribution in [2.75, 3.05) is 6.54 Å². The van der Waals surface area contributed by atoms with Crippen molar-refractivity contribution in [1.82, 2.24) is 5.32 Å². The highest BCUT2D eigenvalue weighted by atomic mass is 19.1. The molecule has 2 aromatic rings. The van der Waals surface area contributed by atoms with Gasteiger partial charge in [0.25, 0.3) is 0 Å². The summed E-state index contributed by atoms with van der Waals surface area (Å²) in [5.74, 6) is -0.175. The van der Waals surface area contributed by atoms with Gasteiger partial charge in [-0.15, -0.1) is 0 Å². The van der Waals surface area contributed by atoms with E-state index in [-0.39, 0.29) is 5.82 Å². The largest absolute Gasteiger partial charge is 0.312 e. The van der Waals surface area contributed by atoms with E-state index in [0.717, 1.165) is 25.1 Å². The molecule has 0 bridgehead atoms. The average Bonchev–Trinajstić information content (AvgIpc) is 2.37. The van der Waals surface area contributed by atoms with E-state index in [1.807, 2.05) is 12.1 Å². The van der Waals surface area contributed by atoms with E-state index in [4.69, 9.17) is 0 Å². The number of aryl methyl sites for hydroxylation is 1. The third kappa shape index (κ3) is 3.97. The Morgan fingerprint density at radius 2 is 1.78 bits per heavy atom. The minimum Gasteiger partial charge on any atom is -0.312 e. The smallest absolute Gasteiger partial charge is 0.123 e. The Balaban J connectivity index is 1.74. The summed E-state index contributed by atoms with van der Waals surface area (Å²) in [7, 11) is 0. The zero-order chi connectivity index (χ0) is 12.8. The predicted octanol–water partition coefficient (Wildman–Crippen LogP) is 3.47. The normalized spacial score (nSPS) is 10.6. The molecule has 18 heavy (non-hydrogen) atoms. The van der Waals surface area contributed by atoms with Crippen molar-refractivity contribution in [3.8, 4) is 0 Å². The second-order valence-electron chi connectivity index (χ2n) is 4.54. The molecule has 0 aliphatic heterocycles. The Bertz CT molecular complexity index is 491. The van der Waals surface area contributed by atoms with Gasteiger partial charge in [-0.3, -0.25) is 0 Å². The van der Waals surface area contributed by atoms with Crippen molar-refractivity contribution in [2.24, 2.45) is 0 Å². The molecule has 2 heteroatoms. The Morgan fingerprint density at radius 3 is 2.50 bits per heavy atom. The van der Waals surface area contributed by atoms with Crippen molar-refractivity contribution in [3.63, 3.8) is 0 Å². The summed E-state index contributed by atoms with van der Waals surface area (Å²) in [5, 5.41) is 3.40. The molecule has 0 unspecified atom stereocenters. The fraction of sp³-hybridized carbons (Fsp3) is 0.250. The van der Waals surface area contributed by atoms with Gasteiger partial charge in [0.15, 0.2) is 0 Å². The lowest BCUT2D eigenvalue weighted by molar-refractivity contribution is 0.626. The first-order chi connectivity index (χ1) is 8.74. The standard InChI is InChI=1S/C16H18FN/c1-13-3-2-4-15(11-13)12-18-10-9-14-5-7-16(17)8-6-14/h2-8,11,18H,9-10,12H2,1H3. The van der Waals surface area contributed by atoms with Gasteiger partial charge < -0.3 is 5.32 Å². The molecule has 0 saturated heterocycles. The number of halogens is 1. The van der Waals surface area contributed by atoms with Crippen LogP contribution in [0.2, 0.25) is 0 Å². The summed E-state index contributed by atoms with van der Waals surface area (Å²) in [6.07, 6.45) is 0.923. The van der Waals surface area contributed by atoms with E-state index < -0.39 is 0 Å². The highest BCUT2D eigenvalue weighted by Gasteiger charge is 1.95. The van der Waals surface area contributed by atoms with Crippen LogP contribution in [0, 0.1) is 12.7 Å². The molecule has 0 aromatic heterocycles. The molecule has 0 amide bonds. The van der Waals surface area contributed by atoms with E-state index >= 15 is 0 Å². The third-order valence-electron chi connectivity index (χ3n) is 2.92. The van der Waals surface area contributed by atoms with Crippen molar-refractivity contribution in [2.45, 2.75) is 19.9 Å². The van der Waals surface area contributed by atoms with Crippen molar-refractivity contribution in [3.05, 3.63) is 71.0 Å². The van der Waals surface area contributed by atoms with Crippen molar-refractivity contribution in [1.29, 1.82) is 0 Å². The molecular weight excluding hydrogens is 225 g/mol. The molecule has 0 heterocycles. The van der Waals surface area contributed by atoms with Crippen LogP contribution in [0.15, 0.2) is 48.5 Å².